The molecule has 0 radical (unpaired) electrons. The molecule has 1 aromatic rings. The summed E-state index contributed by atoms with van der Waals surface area (Å²) in [6.07, 6.45) is 6.90. The van der Waals surface area contributed by atoms with Crippen LogP contribution < -0.4 is 0 Å². The summed E-state index contributed by atoms with van der Waals surface area (Å²) >= 11 is 0. The Morgan fingerprint density at radius 2 is 2.67 bits per heavy atom. The van der Waals surface area contributed by atoms with Gasteiger partial charge in [0.15, 0.2) is 0 Å². The van der Waals surface area contributed by atoms with E-state index in [2.05, 4.69) is 10.2 Å². The van der Waals surface area contributed by atoms with Gasteiger partial charge < -0.3 is 5.11 Å². The predicted molar refractivity (Wildman–Crippen MR) is 34.7 cm³/mol. The molecular weight excluding hydrogens is 116 g/mol. The average Bonchev–Trinajstić information content (AvgIpc) is 2.34. The minimum Gasteiger partial charge on any atom is -0.392 e. The van der Waals surface area contributed by atoms with Crippen molar-refractivity contribution in [3.8, 4) is 0 Å². The van der Waals surface area contributed by atoms with Crippen molar-refractivity contribution in [2.45, 2.75) is 0 Å². The largest absolute Gasteiger partial charge is 0.392 e. The lowest BCUT2D eigenvalue weighted by molar-refractivity contribution is 0.343. The number of hydrogen-bond donors (Lipinski definition) is 2. The molecule has 0 aliphatic carbocycles. The molecule has 3 heteroatoms. The van der Waals surface area contributed by atoms with Gasteiger partial charge in [0, 0.05) is 11.8 Å². The van der Waals surface area contributed by atoms with Gasteiger partial charge in [0.1, 0.15) is 0 Å². The Hall–Kier alpha value is -1.09. The second-order valence-electron chi connectivity index (χ2n) is 1.62. The van der Waals surface area contributed by atoms with Gasteiger partial charge in [-0.05, 0) is 0 Å². The Labute approximate surface area is 53.0 Å². The second kappa shape index (κ2) is 3.04. The Kier molecular flexibility index (Phi) is 2.04. The lowest BCUT2D eigenvalue weighted by Crippen LogP contribution is -1.69. The molecule has 0 bridgehead atoms. The van der Waals surface area contributed by atoms with Gasteiger partial charge in [-0.15, -0.1) is 0 Å². The van der Waals surface area contributed by atoms with Crippen LogP contribution >= 0.6 is 0 Å². The van der Waals surface area contributed by atoms with Crippen molar-refractivity contribution in [3.63, 3.8) is 0 Å². The zero-order valence-corrected chi connectivity index (χ0v) is 4.91. The Morgan fingerprint density at radius 3 is 3.22 bits per heavy atom. The van der Waals surface area contributed by atoms with Gasteiger partial charge in [-0.25, -0.2) is 0 Å². The van der Waals surface area contributed by atoms with Crippen molar-refractivity contribution in [3.05, 3.63) is 24.0 Å². The van der Waals surface area contributed by atoms with Crippen molar-refractivity contribution in [2.75, 3.05) is 6.61 Å². The smallest absolute Gasteiger partial charge is 0.0615 e. The van der Waals surface area contributed by atoms with Gasteiger partial charge in [-0.1, -0.05) is 12.2 Å². The highest BCUT2D eigenvalue weighted by atomic mass is 16.2. The molecule has 2 N–H and O–H groups in total. The third kappa shape index (κ3) is 1.70. The topological polar surface area (TPSA) is 48.9 Å². The molecule has 1 heterocycles. The van der Waals surface area contributed by atoms with Crippen molar-refractivity contribution >= 4 is 6.08 Å². The predicted octanol–water partition coefficient (Wildman–Crippen LogP) is 0.415. The van der Waals surface area contributed by atoms with Crippen LogP contribution in [0.5, 0.6) is 0 Å². The molecule has 0 unspecified atom stereocenters. The molecule has 9 heavy (non-hydrogen) atoms. The van der Waals surface area contributed by atoms with E-state index in [-0.39, 0.29) is 6.61 Å². The minimum atomic E-state index is 0.0746. The first-order valence-electron chi connectivity index (χ1n) is 2.69. The summed E-state index contributed by atoms with van der Waals surface area (Å²) in [4.78, 5) is 0. The van der Waals surface area contributed by atoms with Crippen LogP contribution in [0.25, 0.3) is 6.08 Å². The molecule has 0 spiro atoms. The number of hydrogen-bond acceptors (Lipinski definition) is 2. The van der Waals surface area contributed by atoms with E-state index in [0.29, 0.717) is 0 Å². The number of aliphatic hydroxyl groups excluding tert-OH is 1. The Balaban J connectivity index is 2.57. The fraction of sp³-hybridized carbons (Fsp3) is 0.167. The van der Waals surface area contributed by atoms with Crippen LogP contribution in [0.2, 0.25) is 0 Å². The number of aliphatic hydroxyl groups is 1. The first-order valence-corrected chi connectivity index (χ1v) is 2.69. The van der Waals surface area contributed by atoms with Crippen molar-refractivity contribution < 1.29 is 5.11 Å². The lowest BCUT2D eigenvalue weighted by atomic mass is 10.3. The number of rotatable bonds is 2. The van der Waals surface area contributed by atoms with Crippen LogP contribution in [0.3, 0.4) is 0 Å². The lowest BCUT2D eigenvalue weighted by Gasteiger charge is -1.77. The molecule has 1 rings (SSSR count). The van der Waals surface area contributed by atoms with Gasteiger partial charge in [-0.2, -0.15) is 5.10 Å². The molecule has 1 aromatic heterocycles. The SMILES string of the molecule is OCC=Cc1cn[nH]c1. The number of H-pyrrole nitrogens is 1. The standard InChI is InChI=1S/C6H8N2O/c9-3-1-2-6-4-7-8-5-6/h1-2,4-5,9H,3H2,(H,7,8). The molecule has 48 valence electrons. The van der Waals surface area contributed by atoms with Crippen molar-refractivity contribution in [2.24, 2.45) is 0 Å². The molecular formula is C6H8N2O. The average molecular weight is 124 g/mol. The molecule has 0 atom stereocenters. The van der Waals surface area contributed by atoms with E-state index < -0.39 is 0 Å². The van der Waals surface area contributed by atoms with Gasteiger partial charge in [0.05, 0.1) is 12.8 Å². The third-order valence-corrected chi connectivity index (χ3v) is 0.935. The highest BCUT2D eigenvalue weighted by Crippen LogP contribution is 1.94. The Morgan fingerprint density at radius 1 is 1.78 bits per heavy atom. The number of nitrogens with zero attached hydrogens (tertiary/aromatic N) is 1. The van der Waals surface area contributed by atoms with Crippen LogP contribution in [0.1, 0.15) is 5.56 Å². The molecule has 0 aliphatic rings. The molecule has 0 saturated heterocycles. The number of aromatic nitrogens is 2. The highest BCUT2D eigenvalue weighted by molar-refractivity contribution is 5.46. The summed E-state index contributed by atoms with van der Waals surface area (Å²) in [5.41, 5.74) is 0.976. The van der Waals surface area contributed by atoms with E-state index in [4.69, 9.17) is 5.11 Å². The van der Waals surface area contributed by atoms with Crippen LogP contribution in [0, 0.1) is 0 Å². The Bertz CT molecular complexity index is 179. The van der Waals surface area contributed by atoms with Crippen molar-refractivity contribution in [1.82, 2.24) is 10.2 Å². The fourth-order valence-electron chi connectivity index (χ4n) is 0.541. The summed E-state index contributed by atoms with van der Waals surface area (Å²) in [5, 5.41) is 14.7. The van der Waals surface area contributed by atoms with E-state index >= 15 is 0 Å². The maximum absolute atomic E-state index is 8.35. The molecule has 3 nitrogen and oxygen atoms in total. The molecule has 0 fully saturated rings. The van der Waals surface area contributed by atoms with E-state index in [0.717, 1.165) is 5.56 Å². The van der Waals surface area contributed by atoms with Crippen LogP contribution in [0.15, 0.2) is 18.5 Å². The summed E-state index contributed by atoms with van der Waals surface area (Å²) < 4.78 is 0. The zero-order valence-electron chi connectivity index (χ0n) is 4.91. The first kappa shape index (κ1) is 6.04. The second-order valence-corrected chi connectivity index (χ2v) is 1.62. The van der Waals surface area contributed by atoms with Gasteiger partial charge >= 0.3 is 0 Å². The molecule has 0 aliphatic heterocycles. The summed E-state index contributed by atoms with van der Waals surface area (Å²) in [6, 6.07) is 0. The molecule has 0 aromatic carbocycles. The maximum atomic E-state index is 8.35. The quantitative estimate of drug-likeness (QED) is 0.600. The third-order valence-electron chi connectivity index (χ3n) is 0.935. The summed E-state index contributed by atoms with van der Waals surface area (Å²) in [6.45, 7) is 0.0746. The van der Waals surface area contributed by atoms with E-state index in [1.165, 1.54) is 0 Å². The van der Waals surface area contributed by atoms with Crippen LogP contribution in [0.4, 0.5) is 0 Å². The highest BCUT2D eigenvalue weighted by Gasteiger charge is 1.82. The normalized spacial score (nSPS) is 10.8. The van der Waals surface area contributed by atoms with Gasteiger partial charge in [0.25, 0.3) is 0 Å². The minimum absolute atomic E-state index is 0.0746. The monoisotopic (exact) mass is 124 g/mol. The summed E-state index contributed by atoms with van der Waals surface area (Å²) in [7, 11) is 0. The zero-order chi connectivity index (χ0) is 6.53. The van der Waals surface area contributed by atoms with Crippen molar-refractivity contribution in [1.29, 1.82) is 0 Å². The van der Waals surface area contributed by atoms with Gasteiger partial charge in [-0.3, -0.25) is 5.10 Å². The molecule has 0 saturated carbocycles. The number of nitrogens with one attached hydrogen (secondary N) is 1. The molecule has 0 amide bonds. The van der Waals surface area contributed by atoms with Crippen LogP contribution in [-0.4, -0.2) is 21.9 Å². The first-order chi connectivity index (χ1) is 4.43. The number of aromatic amines is 1. The van der Waals surface area contributed by atoms with Crippen LogP contribution in [-0.2, 0) is 0 Å². The van der Waals surface area contributed by atoms with E-state index in [9.17, 15) is 0 Å². The summed E-state index contributed by atoms with van der Waals surface area (Å²) in [5.74, 6) is 0. The maximum Gasteiger partial charge on any atom is 0.0615 e. The van der Waals surface area contributed by atoms with E-state index in [1.54, 1.807) is 24.5 Å². The van der Waals surface area contributed by atoms with E-state index in [1.807, 2.05) is 0 Å². The van der Waals surface area contributed by atoms with Gasteiger partial charge in [0.2, 0.25) is 0 Å². The fourth-order valence-corrected chi connectivity index (χ4v) is 0.541.